The second-order valence-corrected chi connectivity index (χ2v) is 5.28. The average Bonchev–Trinajstić information content (AvgIpc) is 2.68. The van der Waals surface area contributed by atoms with E-state index in [1.807, 2.05) is 13.8 Å². The molecule has 0 amide bonds. The van der Waals surface area contributed by atoms with Gasteiger partial charge in [-0.15, -0.1) is 0 Å². The molecule has 0 fully saturated rings. The minimum absolute atomic E-state index is 0.545. The molecular weight excluding hydrogens is 283 g/mol. The molecule has 2 aromatic rings. The van der Waals surface area contributed by atoms with E-state index in [9.17, 15) is 0 Å². The van der Waals surface area contributed by atoms with Crippen molar-refractivity contribution in [2.45, 2.75) is 26.7 Å². The van der Waals surface area contributed by atoms with E-state index in [2.05, 4.69) is 10.2 Å². The number of benzene rings is 1. The second kappa shape index (κ2) is 6.31. The SMILES string of the molecule is Cc1n[nH]c(C)c1CCCOc1ccc(Cl)cc1Cl. The summed E-state index contributed by atoms with van der Waals surface area (Å²) in [5.41, 5.74) is 3.45. The molecule has 0 radical (unpaired) electrons. The molecule has 0 spiro atoms. The van der Waals surface area contributed by atoms with Crippen LogP contribution < -0.4 is 4.74 Å². The van der Waals surface area contributed by atoms with Crippen molar-refractivity contribution in [2.75, 3.05) is 6.61 Å². The van der Waals surface area contributed by atoms with Gasteiger partial charge in [0, 0.05) is 10.7 Å². The van der Waals surface area contributed by atoms with Crippen LogP contribution in [0, 0.1) is 13.8 Å². The summed E-state index contributed by atoms with van der Waals surface area (Å²) in [4.78, 5) is 0. The number of H-pyrrole nitrogens is 1. The van der Waals surface area contributed by atoms with Gasteiger partial charge in [-0.25, -0.2) is 0 Å². The lowest BCUT2D eigenvalue weighted by molar-refractivity contribution is 0.311. The number of ether oxygens (including phenoxy) is 1. The molecule has 2 rings (SSSR count). The monoisotopic (exact) mass is 298 g/mol. The molecule has 0 bridgehead atoms. The predicted octanol–water partition coefficient (Wildman–Crippen LogP) is 4.34. The third-order valence-electron chi connectivity index (χ3n) is 3.00. The van der Waals surface area contributed by atoms with E-state index in [0.717, 1.165) is 24.2 Å². The standard InChI is InChI=1S/C14H16Cl2N2O/c1-9-12(10(2)18-17-9)4-3-7-19-14-6-5-11(15)8-13(14)16/h5-6,8H,3-4,7H2,1-2H3,(H,17,18). The highest BCUT2D eigenvalue weighted by Crippen LogP contribution is 2.27. The molecule has 5 heteroatoms. The highest BCUT2D eigenvalue weighted by molar-refractivity contribution is 6.35. The summed E-state index contributed by atoms with van der Waals surface area (Å²) in [6.07, 6.45) is 1.86. The van der Waals surface area contributed by atoms with Gasteiger partial charge in [-0.3, -0.25) is 5.10 Å². The van der Waals surface area contributed by atoms with Gasteiger partial charge in [0.25, 0.3) is 0 Å². The largest absolute Gasteiger partial charge is 0.492 e. The van der Waals surface area contributed by atoms with Gasteiger partial charge in [0.2, 0.25) is 0 Å². The molecule has 0 aliphatic heterocycles. The number of rotatable bonds is 5. The normalized spacial score (nSPS) is 10.7. The molecule has 0 aliphatic carbocycles. The molecule has 0 atom stereocenters. The Morgan fingerprint density at radius 1 is 1.26 bits per heavy atom. The van der Waals surface area contributed by atoms with E-state index in [4.69, 9.17) is 27.9 Å². The molecule has 1 N–H and O–H groups in total. The van der Waals surface area contributed by atoms with Gasteiger partial charge in [-0.05, 0) is 50.5 Å². The molecule has 1 aromatic heterocycles. The first-order valence-electron chi connectivity index (χ1n) is 6.16. The van der Waals surface area contributed by atoms with Crippen LogP contribution in [0.3, 0.4) is 0 Å². The first-order chi connectivity index (χ1) is 9.08. The maximum absolute atomic E-state index is 6.03. The van der Waals surface area contributed by atoms with Crippen molar-refractivity contribution in [3.63, 3.8) is 0 Å². The van der Waals surface area contributed by atoms with Crippen LogP contribution in [-0.2, 0) is 6.42 Å². The molecule has 0 saturated carbocycles. The number of nitrogens with one attached hydrogen (secondary N) is 1. The summed E-state index contributed by atoms with van der Waals surface area (Å²) in [6.45, 7) is 4.66. The first-order valence-corrected chi connectivity index (χ1v) is 6.92. The van der Waals surface area contributed by atoms with Crippen LogP contribution in [-0.4, -0.2) is 16.8 Å². The Balaban J connectivity index is 1.84. The fourth-order valence-corrected chi connectivity index (χ4v) is 2.43. The van der Waals surface area contributed by atoms with Crippen LogP contribution in [0.2, 0.25) is 10.0 Å². The van der Waals surface area contributed by atoms with Gasteiger partial charge in [-0.2, -0.15) is 5.10 Å². The molecule has 1 aromatic carbocycles. The Bertz CT molecular complexity index is 547. The Kier molecular flexibility index (Phi) is 4.72. The molecule has 1 heterocycles. The van der Waals surface area contributed by atoms with E-state index >= 15 is 0 Å². The minimum Gasteiger partial charge on any atom is -0.492 e. The molecule has 0 unspecified atom stereocenters. The minimum atomic E-state index is 0.545. The first kappa shape index (κ1) is 14.2. The van der Waals surface area contributed by atoms with Crippen molar-refractivity contribution >= 4 is 23.2 Å². The zero-order valence-corrected chi connectivity index (χ0v) is 12.5. The average molecular weight is 299 g/mol. The van der Waals surface area contributed by atoms with Crippen LogP contribution in [0.25, 0.3) is 0 Å². The van der Waals surface area contributed by atoms with E-state index in [1.54, 1.807) is 18.2 Å². The predicted molar refractivity (Wildman–Crippen MR) is 78.3 cm³/mol. The van der Waals surface area contributed by atoms with Gasteiger partial charge in [0.1, 0.15) is 5.75 Å². The summed E-state index contributed by atoms with van der Waals surface area (Å²) in [7, 11) is 0. The molecule has 19 heavy (non-hydrogen) atoms. The van der Waals surface area contributed by atoms with Crippen LogP contribution in [0.1, 0.15) is 23.4 Å². The second-order valence-electron chi connectivity index (χ2n) is 4.44. The van der Waals surface area contributed by atoms with E-state index < -0.39 is 0 Å². The quantitative estimate of drug-likeness (QED) is 0.834. The van der Waals surface area contributed by atoms with Crippen molar-refractivity contribution in [2.24, 2.45) is 0 Å². The van der Waals surface area contributed by atoms with Gasteiger partial charge < -0.3 is 4.74 Å². The van der Waals surface area contributed by atoms with Crippen molar-refractivity contribution in [3.05, 3.63) is 45.2 Å². The van der Waals surface area contributed by atoms with Crippen molar-refractivity contribution in [3.8, 4) is 5.75 Å². The fraction of sp³-hybridized carbons (Fsp3) is 0.357. The number of aromatic amines is 1. The van der Waals surface area contributed by atoms with E-state index in [1.165, 1.54) is 5.56 Å². The topological polar surface area (TPSA) is 37.9 Å². The molecule has 0 saturated heterocycles. The van der Waals surface area contributed by atoms with Crippen LogP contribution in [0.4, 0.5) is 0 Å². The Labute approximate surface area is 122 Å². The van der Waals surface area contributed by atoms with Gasteiger partial charge in [0.05, 0.1) is 17.3 Å². The molecule has 102 valence electrons. The molecule has 0 aliphatic rings. The highest BCUT2D eigenvalue weighted by Gasteiger charge is 2.06. The number of hydrogen-bond acceptors (Lipinski definition) is 2. The lowest BCUT2D eigenvalue weighted by Crippen LogP contribution is -2.01. The Morgan fingerprint density at radius 3 is 2.68 bits per heavy atom. The lowest BCUT2D eigenvalue weighted by Gasteiger charge is -2.08. The Morgan fingerprint density at radius 2 is 2.05 bits per heavy atom. The van der Waals surface area contributed by atoms with Gasteiger partial charge in [-0.1, -0.05) is 23.2 Å². The fourth-order valence-electron chi connectivity index (χ4n) is 1.97. The van der Waals surface area contributed by atoms with Crippen LogP contribution in [0.5, 0.6) is 5.75 Å². The van der Waals surface area contributed by atoms with Crippen LogP contribution in [0.15, 0.2) is 18.2 Å². The zero-order chi connectivity index (χ0) is 13.8. The number of aryl methyl sites for hydroxylation is 2. The summed E-state index contributed by atoms with van der Waals surface area (Å²) in [5.74, 6) is 0.673. The summed E-state index contributed by atoms with van der Waals surface area (Å²) in [5, 5.41) is 8.32. The molecule has 3 nitrogen and oxygen atoms in total. The highest BCUT2D eigenvalue weighted by atomic mass is 35.5. The van der Waals surface area contributed by atoms with Gasteiger partial charge >= 0.3 is 0 Å². The number of nitrogens with zero attached hydrogens (tertiary/aromatic N) is 1. The van der Waals surface area contributed by atoms with Crippen molar-refractivity contribution < 1.29 is 4.74 Å². The Hall–Kier alpha value is -1.19. The number of aromatic nitrogens is 2. The number of hydrogen-bond donors (Lipinski definition) is 1. The van der Waals surface area contributed by atoms with Gasteiger partial charge in [0.15, 0.2) is 0 Å². The van der Waals surface area contributed by atoms with E-state index in [-0.39, 0.29) is 0 Å². The number of halogens is 2. The third kappa shape index (κ3) is 3.64. The van der Waals surface area contributed by atoms with Crippen LogP contribution >= 0.6 is 23.2 Å². The summed E-state index contributed by atoms with van der Waals surface area (Å²) < 4.78 is 5.65. The van der Waals surface area contributed by atoms with Crippen molar-refractivity contribution in [1.29, 1.82) is 0 Å². The molecular formula is C14H16Cl2N2O. The summed E-state index contributed by atoms with van der Waals surface area (Å²) in [6, 6.07) is 5.25. The summed E-state index contributed by atoms with van der Waals surface area (Å²) >= 11 is 11.9. The smallest absolute Gasteiger partial charge is 0.137 e. The van der Waals surface area contributed by atoms with E-state index in [0.29, 0.717) is 22.4 Å². The maximum Gasteiger partial charge on any atom is 0.137 e. The van der Waals surface area contributed by atoms with Crippen molar-refractivity contribution in [1.82, 2.24) is 10.2 Å². The maximum atomic E-state index is 6.03. The zero-order valence-electron chi connectivity index (χ0n) is 11.0. The third-order valence-corrected chi connectivity index (χ3v) is 3.53. The lowest BCUT2D eigenvalue weighted by atomic mass is 10.1.